The van der Waals surface area contributed by atoms with Gasteiger partial charge in [0, 0.05) is 10.6 Å². The summed E-state index contributed by atoms with van der Waals surface area (Å²) >= 11 is 6.79. The minimum atomic E-state index is -0.284. The number of thioether (sulfide) groups is 1. The van der Waals surface area contributed by atoms with Gasteiger partial charge in [0.2, 0.25) is 0 Å². The van der Waals surface area contributed by atoms with Crippen molar-refractivity contribution in [3.8, 4) is 0 Å². The summed E-state index contributed by atoms with van der Waals surface area (Å²) in [5, 5.41) is 0.350. The molecule has 0 unspecified atom stereocenters. The van der Waals surface area contributed by atoms with Crippen molar-refractivity contribution in [1.82, 2.24) is 4.90 Å². The first-order valence-corrected chi connectivity index (χ1v) is 8.20. The molecule has 0 radical (unpaired) electrons. The van der Waals surface area contributed by atoms with Crippen molar-refractivity contribution < 1.29 is 14.0 Å². The van der Waals surface area contributed by atoms with Crippen LogP contribution in [0.3, 0.4) is 0 Å². The molecule has 0 spiro atoms. The largest absolute Gasteiger partial charge is 0.466 e. The third-order valence-electron chi connectivity index (χ3n) is 3.49. The van der Waals surface area contributed by atoms with E-state index in [4.69, 9.17) is 16.0 Å². The van der Waals surface area contributed by atoms with Gasteiger partial charge in [0.25, 0.3) is 11.1 Å². The van der Waals surface area contributed by atoms with Gasteiger partial charge >= 0.3 is 0 Å². The number of hydrogen-bond acceptors (Lipinski definition) is 4. The number of carbonyl (C=O) groups is 2. The third kappa shape index (κ3) is 3.35. The van der Waals surface area contributed by atoms with Crippen LogP contribution in [0.2, 0.25) is 5.02 Å². The molecule has 118 valence electrons. The Morgan fingerprint density at radius 2 is 1.91 bits per heavy atom. The number of carbonyl (C=O) groups excluding carboxylic acids is 2. The van der Waals surface area contributed by atoms with Crippen molar-refractivity contribution in [2.45, 2.75) is 20.4 Å². The third-order valence-corrected chi connectivity index (χ3v) is 4.65. The Morgan fingerprint density at radius 1 is 1.22 bits per heavy atom. The van der Waals surface area contributed by atoms with Gasteiger partial charge in [-0.2, -0.15) is 0 Å². The molecule has 3 rings (SSSR count). The van der Waals surface area contributed by atoms with Gasteiger partial charge in [-0.3, -0.25) is 14.5 Å². The molecule has 1 aliphatic heterocycles. The second kappa shape index (κ2) is 6.26. The smallest absolute Gasteiger partial charge is 0.293 e. The van der Waals surface area contributed by atoms with E-state index in [1.54, 1.807) is 30.3 Å². The van der Waals surface area contributed by atoms with E-state index in [1.807, 2.05) is 19.9 Å². The van der Waals surface area contributed by atoms with E-state index in [0.717, 1.165) is 34.4 Å². The van der Waals surface area contributed by atoms with Crippen LogP contribution in [0.25, 0.3) is 6.08 Å². The van der Waals surface area contributed by atoms with Crippen LogP contribution in [-0.4, -0.2) is 16.0 Å². The first-order valence-electron chi connectivity index (χ1n) is 7.01. The number of rotatable bonds is 3. The average molecular weight is 348 g/mol. The van der Waals surface area contributed by atoms with Gasteiger partial charge in [-0.1, -0.05) is 23.7 Å². The summed E-state index contributed by atoms with van der Waals surface area (Å²) in [5.74, 6) is 1.22. The first kappa shape index (κ1) is 15.9. The number of hydrogen-bond donors (Lipinski definition) is 0. The fourth-order valence-corrected chi connectivity index (χ4v) is 3.30. The van der Waals surface area contributed by atoms with Crippen LogP contribution in [0.1, 0.15) is 22.6 Å². The van der Waals surface area contributed by atoms with Crippen molar-refractivity contribution in [3.63, 3.8) is 0 Å². The number of nitrogens with zero attached hydrogens (tertiary/aromatic N) is 1. The van der Waals surface area contributed by atoms with Gasteiger partial charge in [-0.15, -0.1) is 0 Å². The Labute approximate surface area is 143 Å². The molecular weight excluding hydrogens is 334 g/mol. The molecule has 0 bridgehead atoms. The van der Waals surface area contributed by atoms with Gasteiger partial charge < -0.3 is 4.42 Å². The van der Waals surface area contributed by atoms with Gasteiger partial charge in [-0.05, 0) is 55.4 Å². The maximum absolute atomic E-state index is 12.5. The minimum Gasteiger partial charge on any atom is -0.466 e. The predicted octanol–water partition coefficient (Wildman–Crippen LogP) is 4.79. The molecule has 1 aliphatic rings. The second-order valence-electron chi connectivity index (χ2n) is 5.26. The SMILES string of the molecule is Cc1cc(/C=C2\SC(=O)N(Cc3ccc(Cl)cc3)C2=O)c(C)o1. The fourth-order valence-electron chi connectivity index (χ4n) is 2.34. The summed E-state index contributed by atoms with van der Waals surface area (Å²) < 4.78 is 5.44. The van der Waals surface area contributed by atoms with Crippen LogP contribution in [0, 0.1) is 13.8 Å². The molecule has 2 amide bonds. The molecule has 0 atom stereocenters. The van der Waals surface area contributed by atoms with Gasteiger partial charge in [0.05, 0.1) is 11.4 Å². The van der Waals surface area contributed by atoms with Gasteiger partial charge in [-0.25, -0.2) is 0 Å². The highest BCUT2D eigenvalue weighted by Crippen LogP contribution is 2.34. The van der Waals surface area contributed by atoms with Gasteiger partial charge in [0.15, 0.2) is 0 Å². The molecule has 4 nitrogen and oxygen atoms in total. The molecule has 23 heavy (non-hydrogen) atoms. The number of halogens is 1. The van der Waals surface area contributed by atoms with E-state index in [0.29, 0.717) is 9.93 Å². The standard InChI is InChI=1S/C17H14ClNO3S/c1-10-7-13(11(2)22-10)8-15-16(20)19(17(21)23-15)9-12-3-5-14(18)6-4-12/h3-8H,9H2,1-2H3/b15-8-. The first-order chi connectivity index (χ1) is 10.9. The zero-order valence-corrected chi connectivity index (χ0v) is 14.2. The Balaban J connectivity index is 1.82. The van der Waals surface area contributed by atoms with E-state index in [2.05, 4.69) is 0 Å². The molecule has 0 saturated carbocycles. The minimum absolute atomic E-state index is 0.239. The normalized spacial score (nSPS) is 16.7. The Kier molecular flexibility index (Phi) is 4.33. The van der Waals surface area contributed by atoms with Gasteiger partial charge in [0.1, 0.15) is 11.5 Å². The van der Waals surface area contributed by atoms with E-state index in [9.17, 15) is 9.59 Å². The van der Waals surface area contributed by atoms with E-state index < -0.39 is 0 Å². The number of aryl methyl sites for hydroxylation is 2. The molecule has 1 aromatic carbocycles. The van der Waals surface area contributed by atoms with Crippen LogP contribution in [0.5, 0.6) is 0 Å². The van der Waals surface area contributed by atoms with E-state index >= 15 is 0 Å². The number of furan rings is 1. The van der Waals surface area contributed by atoms with Crippen molar-refractivity contribution in [3.05, 3.63) is 62.9 Å². The average Bonchev–Trinajstić information content (AvgIpc) is 2.95. The highest BCUT2D eigenvalue weighted by Gasteiger charge is 2.35. The number of benzene rings is 1. The van der Waals surface area contributed by atoms with Crippen molar-refractivity contribution in [2.75, 3.05) is 0 Å². The van der Waals surface area contributed by atoms with Crippen molar-refractivity contribution in [2.24, 2.45) is 0 Å². The van der Waals surface area contributed by atoms with Crippen molar-refractivity contribution in [1.29, 1.82) is 0 Å². The quantitative estimate of drug-likeness (QED) is 0.749. The highest BCUT2D eigenvalue weighted by molar-refractivity contribution is 8.18. The van der Waals surface area contributed by atoms with Crippen LogP contribution < -0.4 is 0 Å². The molecule has 0 N–H and O–H groups in total. The lowest BCUT2D eigenvalue weighted by atomic mass is 10.2. The summed E-state index contributed by atoms with van der Waals surface area (Å²) in [5.41, 5.74) is 1.67. The molecule has 2 heterocycles. The zero-order chi connectivity index (χ0) is 16.6. The van der Waals surface area contributed by atoms with Crippen molar-refractivity contribution >= 4 is 40.6 Å². The van der Waals surface area contributed by atoms with Crippen LogP contribution in [-0.2, 0) is 11.3 Å². The molecule has 6 heteroatoms. The van der Waals surface area contributed by atoms with E-state index in [-0.39, 0.29) is 17.7 Å². The van der Waals surface area contributed by atoms with Crippen LogP contribution in [0.4, 0.5) is 4.79 Å². The lowest BCUT2D eigenvalue weighted by Crippen LogP contribution is -2.27. The zero-order valence-electron chi connectivity index (χ0n) is 12.6. The summed E-state index contributed by atoms with van der Waals surface area (Å²) in [4.78, 5) is 26.2. The molecule has 1 fully saturated rings. The van der Waals surface area contributed by atoms with Crippen LogP contribution in [0.15, 0.2) is 39.7 Å². The predicted molar refractivity (Wildman–Crippen MR) is 91.1 cm³/mol. The summed E-state index contributed by atoms with van der Waals surface area (Å²) in [6, 6.07) is 8.94. The summed E-state index contributed by atoms with van der Waals surface area (Å²) in [6.07, 6.45) is 1.71. The van der Waals surface area contributed by atoms with E-state index in [1.165, 1.54) is 4.90 Å². The maximum Gasteiger partial charge on any atom is 0.293 e. The Bertz CT molecular complexity index is 808. The molecule has 0 aliphatic carbocycles. The summed E-state index contributed by atoms with van der Waals surface area (Å²) in [6.45, 7) is 3.91. The molecule has 2 aromatic rings. The Hall–Kier alpha value is -1.98. The fraction of sp³-hybridized carbons (Fsp3) is 0.176. The maximum atomic E-state index is 12.5. The monoisotopic (exact) mass is 347 g/mol. The lowest BCUT2D eigenvalue weighted by Gasteiger charge is -2.12. The Morgan fingerprint density at radius 3 is 2.52 bits per heavy atom. The molecule has 1 saturated heterocycles. The summed E-state index contributed by atoms with van der Waals surface area (Å²) in [7, 11) is 0. The highest BCUT2D eigenvalue weighted by atomic mass is 35.5. The number of imide groups is 1. The van der Waals surface area contributed by atoms with Crippen LogP contribution >= 0.6 is 23.4 Å². The second-order valence-corrected chi connectivity index (χ2v) is 6.69. The molecule has 1 aromatic heterocycles. The molecular formula is C17H14ClNO3S. The number of amides is 2. The topological polar surface area (TPSA) is 50.5 Å². The lowest BCUT2D eigenvalue weighted by molar-refractivity contribution is -0.123.